The predicted molar refractivity (Wildman–Crippen MR) is 68.0 cm³/mol. The van der Waals surface area contributed by atoms with E-state index >= 15 is 0 Å². The van der Waals surface area contributed by atoms with Gasteiger partial charge in [0, 0.05) is 17.1 Å². The van der Waals surface area contributed by atoms with E-state index < -0.39 is 0 Å². The molecule has 0 bridgehead atoms. The highest BCUT2D eigenvalue weighted by molar-refractivity contribution is 6.31. The van der Waals surface area contributed by atoms with E-state index in [2.05, 4.69) is 0 Å². The monoisotopic (exact) mass is 250 g/mol. The summed E-state index contributed by atoms with van der Waals surface area (Å²) in [5.74, 6) is -0.131. The van der Waals surface area contributed by atoms with Gasteiger partial charge < -0.3 is 4.90 Å². The molecule has 0 radical (unpaired) electrons. The van der Waals surface area contributed by atoms with Crippen LogP contribution >= 0.6 is 11.6 Å². The average molecular weight is 251 g/mol. The minimum absolute atomic E-state index is 0.110. The van der Waals surface area contributed by atoms with Crippen molar-refractivity contribution in [3.63, 3.8) is 0 Å². The SMILES string of the molecule is CCCN(CC#N)C(=O)c1cc(Cl)ccc1C. The lowest BCUT2D eigenvalue weighted by Gasteiger charge is -2.19. The summed E-state index contributed by atoms with van der Waals surface area (Å²) in [4.78, 5) is 13.8. The molecule has 0 aliphatic carbocycles. The van der Waals surface area contributed by atoms with Gasteiger partial charge in [0.25, 0.3) is 5.91 Å². The largest absolute Gasteiger partial charge is 0.325 e. The number of benzene rings is 1. The molecule has 90 valence electrons. The zero-order valence-electron chi connectivity index (χ0n) is 10.0. The molecule has 0 unspecified atom stereocenters. The Morgan fingerprint density at radius 3 is 2.82 bits per heavy atom. The first-order valence-electron chi connectivity index (χ1n) is 5.52. The van der Waals surface area contributed by atoms with E-state index in [1.54, 1.807) is 17.0 Å². The smallest absolute Gasteiger partial charge is 0.255 e. The van der Waals surface area contributed by atoms with Gasteiger partial charge in [0.15, 0.2) is 0 Å². The molecule has 0 heterocycles. The van der Waals surface area contributed by atoms with Crippen LogP contribution in [0.2, 0.25) is 5.02 Å². The number of nitrogens with zero attached hydrogens (tertiary/aromatic N) is 2. The molecule has 0 saturated heterocycles. The number of carbonyl (C=O) groups is 1. The molecule has 3 nitrogen and oxygen atoms in total. The van der Waals surface area contributed by atoms with Crippen LogP contribution in [0.15, 0.2) is 18.2 Å². The molecule has 0 aliphatic rings. The van der Waals surface area contributed by atoms with Crippen LogP contribution in [0.1, 0.15) is 29.3 Å². The van der Waals surface area contributed by atoms with Crippen LogP contribution in [0.25, 0.3) is 0 Å². The van der Waals surface area contributed by atoms with Gasteiger partial charge in [-0.15, -0.1) is 0 Å². The molecule has 17 heavy (non-hydrogen) atoms. The summed E-state index contributed by atoms with van der Waals surface area (Å²) >= 11 is 5.88. The average Bonchev–Trinajstić information content (AvgIpc) is 2.31. The fourth-order valence-corrected chi connectivity index (χ4v) is 1.77. The minimum Gasteiger partial charge on any atom is -0.325 e. The lowest BCUT2D eigenvalue weighted by molar-refractivity contribution is 0.0775. The number of hydrogen-bond acceptors (Lipinski definition) is 2. The van der Waals surface area contributed by atoms with Gasteiger partial charge in [-0.05, 0) is 31.0 Å². The molecule has 1 aromatic rings. The summed E-state index contributed by atoms with van der Waals surface area (Å²) in [5, 5.41) is 9.25. The van der Waals surface area contributed by atoms with Gasteiger partial charge in [-0.2, -0.15) is 5.26 Å². The molecule has 0 atom stereocenters. The maximum absolute atomic E-state index is 12.2. The third kappa shape index (κ3) is 3.47. The Kier molecular flexibility index (Phi) is 4.99. The normalized spacial score (nSPS) is 9.76. The van der Waals surface area contributed by atoms with Crippen molar-refractivity contribution in [3.05, 3.63) is 34.3 Å². The summed E-state index contributed by atoms with van der Waals surface area (Å²) in [6.45, 7) is 4.53. The molecule has 1 aromatic carbocycles. The number of hydrogen-bond donors (Lipinski definition) is 0. The number of amides is 1. The first-order chi connectivity index (χ1) is 8.10. The third-order valence-electron chi connectivity index (χ3n) is 2.47. The number of carbonyl (C=O) groups excluding carboxylic acids is 1. The second-order valence-corrected chi connectivity index (χ2v) is 4.28. The number of halogens is 1. The third-order valence-corrected chi connectivity index (χ3v) is 2.71. The second-order valence-electron chi connectivity index (χ2n) is 3.84. The Balaban J connectivity index is 3.00. The summed E-state index contributed by atoms with van der Waals surface area (Å²) in [5.41, 5.74) is 1.44. The summed E-state index contributed by atoms with van der Waals surface area (Å²) in [6.07, 6.45) is 0.826. The van der Waals surface area contributed by atoms with E-state index in [-0.39, 0.29) is 12.5 Å². The molecular weight excluding hydrogens is 236 g/mol. The van der Waals surface area contributed by atoms with Crippen LogP contribution in [0.4, 0.5) is 0 Å². The standard InChI is InChI=1S/C13H15ClN2O/c1-3-7-16(8-6-15)13(17)12-9-11(14)5-4-10(12)2/h4-5,9H,3,7-8H2,1-2H3. The maximum atomic E-state index is 12.2. The Morgan fingerprint density at radius 1 is 1.53 bits per heavy atom. The van der Waals surface area contributed by atoms with Gasteiger partial charge in [-0.25, -0.2) is 0 Å². The number of nitriles is 1. The summed E-state index contributed by atoms with van der Waals surface area (Å²) in [7, 11) is 0. The molecule has 4 heteroatoms. The zero-order chi connectivity index (χ0) is 12.8. The van der Waals surface area contributed by atoms with E-state index in [0.717, 1.165) is 12.0 Å². The maximum Gasteiger partial charge on any atom is 0.255 e. The zero-order valence-corrected chi connectivity index (χ0v) is 10.8. The Labute approximate surface area is 107 Å². The molecule has 0 aromatic heterocycles. The highest BCUT2D eigenvalue weighted by Crippen LogP contribution is 2.17. The highest BCUT2D eigenvalue weighted by atomic mass is 35.5. The lowest BCUT2D eigenvalue weighted by atomic mass is 10.1. The Hall–Kier alpha value is -1.53. The van der Waals surface area contributed by atoms with Crippen molar-refractivity contribution in [1.29, 1.82) is 5.26 Å². The van der Waals surface area contributed by atoms with E-state index in [1.165, 1.54) is 0 Å². The van der Waals surface area contributed by atoms with Crippen LogP contribution in [0.5, 0.6) is 0 Å². The molecule has 0 saturated carbocycles. The summed E-state index contributed by atoms with van der Waals surface area (Å²) in [6, 6.07) is 7.23. The molecule has 1 amide bonds. The van der Waals surface area contributed by atoms with Crippen molar-refractivity contribution in [2.45, 2.75) is 20.3 Å². The van der Waals surface area contributed by atoms with Crippen LogP contribution in [0.3, 0.4) is 0 Å². The van der Waals surface area contributed by atoms with Gasteiger partial charge in [0.1, 0.15) is 6.54 Å². The fraction of sp³-hybridized carbons (Fsp3) is 0.385. The lowest BCUT2D eigenvalue weighted by Crippen LogP contribution is -2.32. The van der Waals surface area contributed by atoms with Crippen molar-refractivity contribution in [1.82, 2.24) is 4.90 Å². The van der Waals surface area contributed by atoms with E-state index in [9.17, 15) is 4.79 Å². The molecule has 1 rings (SSSR count). The Bertz CT molecular complexity index is 451. The molecular formula is C13H15ClN2O. The van der Waals surface area contributed by atoms with Gasteiger partial charge >= 0.3 is 0 Å². The van der Waals surface area contributed by atoms with Gasteiger partial charge in [0.05, 0.1) is 6.07 Å². The van der Waals surface area contributed by atoms with Crippen molar-refractivity contribution < 1.29 is 4.79 Å². The van der Waals surface area contributed by atoms with Gasteiger partial charge in [-0.3, -0.25) is 4.79 Å². The minimum atomic E-state index is -0.131. The van der Waals surface area contributed by atoms with Crippen LogP contribution < -0.4 is 0 Å². The number of aryl methyl sites for hydroxylation is 1. The molecule has 0 N–H and O–H groups in total. The quantitative estimate of drug-likeness (QED) is 0.771. The summed E-state index contributed by atoms with van der Waals surface area (Å²) < 4.78 is 0. The second kappa shape index (κ2) is 6.27. The van der Waals surface area contributed by atoms with E-state index in [1.807, 2.05) is 26.0 Å². The highest BCUT2D eigenvalue weighted by Gasteiger charge is 2.16. The van der Waals surface area contributed by atoms with Crippen molar-refractivity contribution in [2.24, 2.45) is 0 Å². The van der Waals surface area contributed by atoms with Crippen molar-refractivity contribution >= 4 is 17.5 Å². The van der Waals surface area contributed by atoms with Crippen LogP contribution in [0, 0.1) is 18.3 Å². The van der Waals surface area contributed by atoms with E-state index in [4.69, 9.17) is 16.9 Å². The van der Waals surface area contributed by atoms with Gasteiger partial charge in [0.2, 0.25) is 0 Å². The first-order valence-corrected chi connectivity index (χ1v) is 5.90. The molecule has 0 aliphatic heterocycles. The van der Waals surface area contributed by atoms with Crippen molar-refractivity contribution in [2.75, 3.05) is 13.1 Å². The fourth-order valence-electron chi connectivity index (χ4n) is 1.60. The first kappa shape index (κ1) is 13.5. The molecule has 0 spiro atoms. The topological polar surface area (TPSA) is 44.1 Å². The van der Waals surface area contributed by atoms with Gasteiger partial charge in [-0.1, -0.05) is 24.6 Å². The number of rotatable bonds is 4. The van der Waals surface area contributed by atoms with Crippen molar-refractivity contribution in [3.8, 4) is 6.07 Å². The Morgan fingerprint density at radius 2 is 2.24 bits per heavy atom. The van der Waals surface area contributed by atoms with Crippen LogP contribution in [-0.2, 0) is 0 Å². The predicted octanol–water partition coefficient (Wildman–Crippen LogP) is 3.02. The van der Waals surface area contributed by atoms with E-state index in [0.29, 0.717) is 17.1 Å². The molecule has 0 fully saturated rings. The van der Waals surface area contributed by atoms with Crippen LogP contribution in [-0.4, -0.2) is 23.9 Å².